The molecule has 39 heavy (non-hydrogen) atoms. The maximum absolute atomic E-state index is 13.7. The molecule has 2 aromatic carbocycles. The number of fused-ring (bicyclic) bond motifs is 2. The highest BCUT2D eigenvalue weighted by Crippen LogP contribution is 2.32. The molecule has 3 aromatic heterocycles. The van der Waals surface area contributed by atoms with Gasteiger partial charge in [0.05, 0.1) is 10.5 Å². The van der Waals surface area contributed by atoms with Gasteiger partial charge in [0.15, 0.2) is 5.65 Å². The summed E-state index contributed by atoms with van der Waals surface area (Å²) in [7, 11) is 1.68. The van der Waals surface area contributed by atoms with Crippen molar-refractivity contribution in [2.24, 2.45) is 0 Å². The Balaban J connectivity index is 1.42. The van der Waals surface area contributed by atoms with E-state index in [9.17, 15) is 14.7 Å². The van der Waals surface area contributed by atoms with E-state index in [0.717, 1.165) is 27.7 Å². The van der Waals surface area contributed by atoms with Crippen molar-refractivity contribution < 1.29 is 14.7 Å². The number of aromatic nitrogens is 4. The standard InChI is InChI=1S/C29H29ClN6O3/c1-19-22(12-14-37)28-23(30)9-6-10-25(28)35(19)17-27(38)33-24(15-20-7-4-3-5-8-20)29(39)34(2)21-11-13-36-26(16-21)31-18-32-36/h3-11,13,16,18,24,37H,12,14-15,17H2,1-2H3,(H,33,38)/t24-/m0/s1. The van der Waals surface area contributed by atoms with Crippen molar-refractivity contribution in [2.75, 3.05) is 18.6 Å². The summed E-state index contributed by atoms with van der Waals surface area (Å²) in [5, 5.41) is 18.1. The number of halogens is 1. The number of nitrogens with zero attached hydrogens (tertiary/aromatic N) is 5. The van der Waals surface area contributed by atoms with Crippen LogP contribution in [0.3, 0.4) is 0 Å². The number of aliphatic hydroxyl groups is 1. The molecule has 2 amide bonds. The molecular weight excluding hydrogens is 516 g/mol. The smallest absolute Gasteiger partial charge is 0.249 e. The lowest BCUT2D eigenvalue weighted by Gasteiger charge is -2.25. The molecule has 0 aliphatic heterocycles. The third kappa shape index (κ3) is 5.36. The predicted molar refractivity (Wildman–Crippen MR) is 151 cm³/mol. The number of benzene rings is 2. The van der Waals surface area contributed by atoms with Crippen LogP contribution in [-0.4, -0.2) is 55.8 Å². The quantitative estimate of drug-likeness (QED) is 0.295. The average molecular weight is 545 g/mol. The van der Waals surface area contributed by atoms with Gasteiger partial charge in [-0.3, -0.25) is 9.59 Å². The molecule has 0 radical (unpaired) electrons. The maximum Gasteiger partial charge on any atom is 0.249 e. The normalized spacial score (nSPS) is 12.1. The van der Waals surface area contributed by atoms with E-state index in [0.29, 0.717) is 29.2 Å². The lowest BCUT2D eigenvalue weighted by atomic mass is 10.0. The number of hydrogen-bond donors (Lipinski definition) is 2. The number of aliphatic hydroxyl groups excluding tert-OH is 1. The molecule has 0 unspecified atom stereocenters. The van der Waals surface area contributed by atoms with E-state index in [1.165, 1.54) is 11.2 Å². The van der Waals surface area contributed by atoms with E-state index in [4.69, 9.17) is 11.6 Å². The van der Waals surface area contributed by atoms with E-state index in [2.05, 4.69) is 15.4 Å². The molecule has 2 N–H and O–H groups in total. The van der Waals surface area contributed by atoms with Crippen molar-refractivity contribution in [3.05, 3.63) is 95.0 Å². The zero-order valence-corrected chi connectivity index (χ0v) is 22.5. The number of nitrogens with one attached hydrogen (secondary N) is 1. The summed E-state index contributed by atoms with van der Waals surface area (Å²) < 4.78 is 3.50. The van der Waals surface area contributed by atoms with E-state index in [-0.39, 0.29) is 25.0 Å². The molecule has 9 nitrogen and oxygen atoms in total. The Morgan fingerprint density at radius 2 is 1.92 bits per heavy atom. The van der Waals surface area contributed by atoms with Crippen LogP contribution in [0.15, 0.2) is 73.2 Å². The predicted octanol–water partition coefficient (Wildman–Crippen LogP) is 3.57. The molecule has 0 bridgehead atoms. The van der Waals surface area contributed by atoms with Crippen LogP contribution in [0.5, 0.6) is 0 Å². The highest BCUT2D eigenvalue weighted by molar-refractivity contribution is 6.35. The Hall–Kier alpha value is -4.21. The van der Waals surface area contributed by atoms with Gasteiger partial charge in [-0.1, -0.05) is 48.0 Å². The summed E-state index contributed by atoms with van der Waals surface area (Å²) >= 11 is 6.50. The summed E-state index contributed by atoms with van der Waals surface area (Å²) in [4.78, 5) is 32.9. The van der Waals surface area contributed by atoms with Crippen molar-refractivity contribution in [1.82, 2.24) is 24.5 Å². The van der Waals surface area contributed by atoms with Crippen molar-refractivity contribution >= 4 is 45.7 Å². The fraction of sp³-hybridized carbons (Fsp3) is 0.241. The van der Waals surface area contributed by atoms with Crippen LogP contribution >= 0.6 is 11.6 Å². The Morgan fingerprint density at radius 3 is 2.69 bits per heavy atom. The molecule has 5 aromatic rings. The first-order valence-electron chi connectivity index (χ1n) is 12.6. The van der Waals surface area contributed by atoms with Gasteiger partial charge >= 0.3 is 0 Å². The van der Waals surface area contributed by atoms with Gasteiger partial charge in [-0.15, -0.1) is 0 Å². The second-order valence-corrected chi connectivity index (χ2v) is 9.82. The minimum atomic E-state index is -0.804. The number of likely N-dealkylation sites (N-methyl/N-ethyl adjacent to an activating group) is 1. The minimum absolute atomic E-state index is 0.00208. The van der Waals surface area contributed by atoms with E-state index in [1.807, 2.05) is 54.0 Å². The zero-order chi connectivity index (χ0) is 27.5. The Morgan fingerprint density at radius 1 is 1.13 bits per heavy atom. The van der Waals surface area contributed by atoms with Gasteiger partial charge in [-0.2, -0.15) is 5.10 Å². The largest absolute Gasteiger partial charge is 0.396 e. The van der Waals surface area contributed by atoms with Crippen LogP contribution in [0, 0.1) is 6.92 Å². The lowest BCUT2D eigenvalue weighted by molar-refractivity contribution is -0.127. The zero-order valence-electron chi connectivity index (χ0n) is 21.7. The number of pyridine rings is 1. The van der Waals surface area contributed by atoms with Crippen molar-refractivity contribution in [2.45, 2.75) is 32.4 Å². The molecule has 3 heterocycles. The number of rotatable bonds is 9. The molecule has 0 saturated heterocycles. The summed E-state index contributed by atoms with van der Waals surface area (Å²) in [6.07, 6.45) is 3.94. The molecule has 0 spiro atoms. The molecule has 0 fully saturated rings. The first-order chi connectivity index (χ1) is 18.9. The van der Waals surface area contributed by atoms with Gasteiger partial charge in [0.2, 0.25) is 11.8 Å². The first-order valence-corrected chi connectivity index (χ1v) is 13.0. The van der Waals surface area contributed by atoms with Gasteiger partial charge in [0.1, 0.15) is 18.9 Å². The molecule has 5 rings (SSSR count). The maximum atomic E-state index is 13.7. The van der Waals surface area contributed by atoms with Crippen LogP contribution in [-0.2, 0) is 29.0 Å². The second-order valence-electron chi connectivity index (χ2n) is 9.41. The average Bonchev–Trinajstić information content (AvgIpc) is 3.51. The topological polar surface area (TPSA) is 105 Å². The molecule has 0 saturated carbocycles. The number of carbonyl (C=O) groups excluding carboxylic acids is 2. The molecule has 0 aliphatic rings. The monoisotopic (exact) mass is 544 g/mol. The fourth-order valence-corrected chi connectivity index (χ4v) is 5.27. The molecular formula is C29H29ClN6O3. The SMILES string of the molecule is Cc1c(CCO)c2c(Cl)cccc2n1CC(=O)N[C@@H](Cc1ccccc1)C(=O)N(C)c1ccn2ncnc2c1. The highest BCUT2D eigenvalue weighted by Gasteiger charge is 2.26. The minimum Gasteiger partial charge on any atom is -0.396 e. The van der Waals surface area contributed by atoms with Gasteiger partial charge in [-0.05, 0) is 42.7 Å². The number of carbonyl (C=O) groups is 2. The number of anilines is 1. The third-order valence-electron chi connectivity index (χ3n) is 6.99. The van der Waals surface area contributed by atoms with E-state index >= 15 is 0 Å². The number of hydrogen-bond acceptors (Lipinski definition) is 5. The van der Waals surface area contributed by atoms with Crippen molar-refractivity contribution in [3.63, 3.8) is 0 Å². The Labute approximate surface area is 230 Å². The van der Waals surface area contributed by atoms with Gasteiger partial charge in [0, 0.05) is 49.1 Å². The van der Waals surface area contributed by atoms with Crippen LogP contribution in [0.2, 0.25) is 5.02 Å². The Kier molecular flexibility index (Phi) is 7.63. The van der Waals surface area contributed by atoms with Crippen LogP contribution < -0.4 is 10.2 Å². The molecule has 10 heteroatoms. The molecule has 0 aliphatic carbocycles. The van der Waals surface area contributed by atoms with Crippen molar-refractivity contribution in [3.8, 4) is 0 Å². The van der Waals surface area contributed by atoms with Crippen molar-refractivity contribution in [1.29, 1.82) is 0 Å². The van der Waals surface area contributed by atoms with Gasteiger partial charge < -0.3 is 19.9 Å². The van der Waals surface area contributed by atoms with E-state index < -0.39 is 6.04 Å². The summed E-state index contributed by atoms with van der Waals surface area (Å²) in [5.74, 6) is -0.560. The van der Waals surface area contributed by atoms with E-state index in [1.54, 1.807) is 36.0 Å². The first kappa shape index (κ1) is 26.4. The van der Waals surface area contributed by atoms with Gasteiger partial charge in [0.25, 0.3) is 0 Å². The second kappa shape index (κ2) is 11.3. The Bertz CT molecular complexity index is 1650. The summed E-state index contributed by atoms with van der Waals surface area (Å²) in [5.41, 5.74) is 4.75. The van der Waals surface area contributed by atoms with Crippen LogP contribution in [0.25, 0.3) is 16.6 Å². The molecule has 1 atom stereocenters. The number of amides is 2. The fourth-order valence-electron chi connectivity index (χ4n) is 4.99. The molecule has 200 valence electrons. The van der Waals surface area contributed by atoms with Crippen LogP contribution in [0.1, 0.15) is 16.8 Å². The van der Waals surface area contributed by atoms with Crippen LogP contribution in [0.4, 0.5) is 5.69 Å². The lowest BCUT2D eigenvalue weighted by Crippen LogP contribution is -2.49. The van der Waals surface area contributed by atoms with Gasteiger partial charge in [-0.25, -0.2) is 9.50 Å². The highest BCUT2D eigenvalue weighted by atomic mass is 35.5. The third-order valence-corrected chi connectivity index (χ3v) is 7.30. The summed E-state index contributed by atoms with van der Waals surface area (Å²) in [6.45, 7) is 1.88. The summed E-state index contributed by atoms with van der Waals surface area (Å²) in [6, 6.07) is 17.9.